The predicted molar refractivity (Wildman–Crippen MR) is 166 cm³/mol. The molecule has 5 nitrogen and oxygen atoms in total. The number of methoxy groups -OCH3 is 1. The first-order chi connectivity index (χ1) is 19.7. The van der Waals surface area contributed by atoms with Gasteiger partial charge in [-0.1, -0.05) is 77.3 Å². The molecule has 2 aromatic carbocycles. The van der Waals surface area contributed by atoms with Gasteiger partial charge in [0.25, 0.3) is 0 Å². The molecule has 1 unspecified atom stereocenters. The Kier molecular flexibility index (Phi) is 10.4. The van der Waals surface area contributed by atoms with Crippen molar-refractivity contribution in [3.05, 3.63) is 59.2 Å². The summed E-state index contributed by atoms with van der Waals surface area (Å²) in [4.78, 5) is 42.4. The zero-order chi connectivity index (χ0) is 29.6. The van der Waals surface area contributed by atoms with E-state index in [2.05, 4.69) is 45.9 Å². The van der Waals surface area contributed by atoms with Crippen LogP contribution in [0, 0.1) is 5.92 Å². The molecule has 222 valence electrons. The molecule has 5 heteroatoms. The van der Waals surface area contributed by atoms with E-state index in [1.165, 1.54) is 16.7 Å². The van der Waals surface area contributed by atoms with Gasteiger partial charge in [-0.2, -0.15) is 0 Å². The molecule has 4 rings (SSSR count). The smallest absolute Gasteiger partial charge is 0.231 e. The fourth-order valence-corrected chi connectivity index (χ4v) is 7.17. The van der Waals surface area contributed by atoms with E-state index in [1.807, 2.05) is 24.3 Å². The SMILES string of the molecule is COc1ccccc1N1C(=O)C(CCCC(=O)CCCc2c(C(C)C)cccc2C(C)C)CC(=O)C12CCCCC2. The molecule has 1 atom stereocenters. The quantitative estimate of drug-likeness (QED) is 0.262. The van der Waals surface area contributed by atoms with Crippen molar-refractivity contribution < 1.29 is 19.1 Å². The van der Waals surface area contributed by atoms with Crippen molar-refractivity contribution in [1.82, 2.24) is 0 Å². The van der Waals surface area contributed by atoms with Crippen molar-refractivity contribution in [2.24, 2.45) is 5.92 Å². The second-order valence-corrected chi connectivity index (χ2v) is 12.8. The Morgan fingerprint density at radius 1 is 0.902 bits per heavy atom. The van der Waals surface area contributed by atoms with Crippen LogP contribution in [0.3, 0.4) is 0 Å². The van der Waals surface area contributed by atoms with Crippen molar-refractivity contribution in [3.63, 3.8) is 0 Å². The lowest BCUT2D eigenvalue weighted by atomic mass is 9.70. The van der Waals surface area contributed by atoms with E-state index in [0.717, 1.165) is 32.1 Å². The Hall–Kier alpha value is -2.95. The number of carbonyl (C=O) groups excluding carboxylic acids is 3. The average molecular weight is 560 g/mol. The topological polar surface area (TPSA) is 63.7 Å². The van der Waals surface area contributed by atoms with Gasteiger partial charge in [0.15, 0.2) is 5.78 Å². The molecular formula is C36H49NO4. The van der Waals surface area contributed by atoms with Gasteiger partial charge in [-0.15, -0.1) is 0 Å². The number of amides is 1. The third kappa shape index (κ3) is 6.76. The Morgan fingerprint density at radius 2 is 1.54 bits per heavy atom. The summed E-state index contributed by atoms with van der Waals surface area (Å²) in [6, 6.07) is 14.1. The van der Waals surface area contributed by atoms with Gasteiger partial charge in [0, 0.05) is 25.2 Å². The highest BCUT2D eigenvalue weighted by Crippen LogP contribution is 2.46. The molecule has 0 N–H and O–H groups in total. The van der Waals surface area contributed by atoms with Crippen molar-refractivity contribution in [1.29, 1.82) is 0 Å². The fourth-order valence-electron chi connectivity index (χ4n) is 7.17. The summed E-state index contributed by atoms with van der Waals surface area (Å²) >= 11 is 0. The number of carbonyl (C=O) groups is 3. The summed E-state index contributed by atoms with van der Waals surface area (Å²) < 4.78 is 5.62. The van der Waals surface area contributed by atoms with Gasteiger partial charge in [0.05, 0.1) is 12.8 Å². The lowest BCUT2D eigenvalue weighted by Crippen LogP contribution is -2.64. The lowest BCUT2D eigenvalue weighted by molar-refractivity contribution is -0.139. The molecular weight excluding hydrogens is 510 g/mol. The zero-order valence-electron chi connectivity index (χ0n) is 25.8. The highest BCUT2D eigenvalue weighted by molar-refractivity contribution is 6.11. The summed E-state index contributed by atoms with van der Waals surface area (Å²) in [6.45, 7) is 8.93. The molecule has 0 radical (unpaired) electrons. The number of ether oxygens (including phenoxy) is 1. The number of benzene rings is 2. The van der Waals surface area contributed by atoms with Crippen LogP contribution in [0.5, 0.6) is 5.75 Å². The number of rotatable bonds is 12. The van der Waals surface area contributed by atoms with Gasteiger partial charge in [0.1, 0.15) is 17.1 Å². The lowest BCUT2D eigenvalue weighted by Gasteiger charge is -2.50. The number of nitrogens with zero attached hydrogens (tertiary/aromatic N) is 1. The summed E-state index contributed by atoms with van der Waals surface area (Å²) in [5.74, 6) is 1.57. The third-order valence-corrected chi connectivity index (χ3v) is 9.34. The van der Waals surface area contributed by atoms with Crippen molar-refractivity contribution in [3.8, 4) is 5.75 Å². The van der Waals surface area contributed by atoms with E-state index in [-0.39, 0.29) is 29.8 Å². The first kappa shape index (κ1) is 31.0. The summed E-state index contributed by atoms with van der Waals surface area (Å²) in [6.07, 6.45) is 8.65. The largest absolute Gasteiger partial charge is 0.495 e. The van der Waals surface area contributed by atoms with Crippen LogP contribution in [0.4, 0.5) is 5.69 Å². The van der Waals surface area contributed by atoms with Crippen molar-refractivity contribution in [2.75, 3.05) is 12.0 Å². The van der Waals surface area contributed by atoms with Crippen LogP contribution in [0.15, 0.2) is 42.5 Å². The van der Waals surface area contributed by atoms with E-state index in [1.54, 1.807) is 12.0 Å². The molecule has 1 saturated heterocycles. The van der Waals surface area contributed by atoms with Gasteiger partial charge < -0.3 is 4.74 Å². The number of para-hydroxylation sites is 2. The second-order valence-electron chi connectivity index (χ2n) is 12.8. The van der Waals surface area contributed by atoms with Gasteiger partial charge in [-0.05, 0) is 79.2 Å². The van der Waals surface area contributed by atoms with Gasteiger partial charge >= 0.3 is 0 Å². The number of piperidine rings is 1. The van der Waals surface area contributed by atoms with Crippen LogP contribution >= 0.6 is 0 Å². The minimum Gasteiger partial charge on any atom is -0.495 e. The van der Waals surface area contributed by atoms with Gasteiger partial charge in [-0.3, -0.25) is 19.3 Å². The van der Waals surface area contributed by atoms with Crippen LogP contribution < -0.4 is 9.64 Å². The maximum atomic E-state index is 14.0. The minimum atomic E-state index is -0.766. The molecule has 1 aliphatic carbocycles. The third-order valence-electron chi connectivity index (χ3n) is 9.34. The number of Topliss-reactive ketones (excluding diaryl/α,β-unsaturated/α-hetero) is 2. The number of ketones is 2. The summed E-state index contributed by atoms with van der Waals surface area (Å²) in [5, 5.41) is 0. The number of hydrogen-bond acceptors (Lipinski definition) is 4. The van der Waals surface area contributed by atoms with Gasteiger partial charge in [0.2, 0.25) is 5.91 Å². The normalized spacial score (nSPS) is 18.9. The van der Waals surface area contributed by atoms with E-state index < -0.39 is 5.54 Å². The second kappa shape index (κ2) is 13.8. The van der Waals surface area contributed by atoms with Gasteiger partial charge in [-0.25, -0.2) is 0 Å². The minimum absolute atomic E-state index is 0.00922. The maximum Gasteiger partial charge on any atom is 0.231 e. The first-order valence-electron chi connectivity index (χ1n) is 15.8. The van der Waals surface area contributed by atoms with E-state index in [0.29, 0.717) is 61.8 Å². The molecule has 41 heavy (non-hydrogen) atoms. The number of hydrogen-bond donors (Lipinski definition) is 0. The Bertz CT molecular complexity index is 1200. The van der Waals surface area contributed by atoms with Crippen molar-refractivity contribution >= 4 is 23.2 Å². The van der Waals surface area contributed by atoms with Crippen LogP contribution in [-0.2, 0) is 20.8 Å². The molecule has 1 aliphatic heterocycles. The Balaban J connectivity index is 1.38. The summed E-state index contributed by atoms with van der Waals surface area (Å²) in [5.41, 5.74) is 4.11. The average Bonchev–Trinajstić information content (AvgIpc) is 2.96. The maximum absolute atomic E-state index is 14.0. The molecule has 0 aromatic heterocycles. The molecule has 1 spiro atoms. The molecule has 1 heterocycles. The molecule has 1 amide bonds. The van der Waals surface area contributed by atoms with E-state index >= 15 is 0 Å². The fraction of sp³-hybridized carbons (Fsp3) is 0.583. The Morgan fingerprint density at radius 3 is 2.17 bits per heavy atom. The van der Waals surface area contributed by atoms with Crippen LogP contribution in [0.2, 0.25) is 0 Å². The zero-order valence-corrected chi connectivity index (χ0v) is 25.8. The molecule has 2 aliphatic rings. The first-order valence-corrected chi connectivity index (χ1v) is 15.8. The van der Waals surface area contributed by atoms with Crippen molar-refractivity contribution in [2.45, 2.75) is 122 Å². The van der Waals surface area contributed by atoms with Crippen LogP contribution in [0.1, 0.15) is 127 Å². The molecule has 2 aromatic rings. The molecule has 1 saturated carbocycles. The summed E-state index contributed by atoms with van der Waals surface area (Å²) in [7, 11) is 1.61. The monoisotopic (exact) mass is 559 g/mol. The number of anilines is 1. The van der Waals surface area contributed by atoms with E-state index in [9.17, 15) is 14.4 Å². The predicted octanol–water partition coefficient (Wildman–Crippen LogP) is 8.33. The highest BCUT2D eigenvalue weighted by atomic mass is 16.5. The highest BCUT2D eigenvalue weighted by Gasteiger charge is 2.53. The van der Waals surface area contributed by atoms with Crippen LogP contribution in [0.25, 0.3) is 0 Å². The molecule has 2 fully saturated rings. The van der Waals surface area contributed by atoms with E-state index in [4.69, 9.17) is 4.74 Å². The molecule has 0 bridgehead atoms. The van der Waals surface area contributed by atoms with Crippen LogP contribution in [-0.4, -0.2) is 30.1 Å². The standard InChI is InChI=1S/C36H49NO4/c1-25(2)29-17-13-18-30(26(3)4)31(29)19-12-16-28(38)15-11-14-27-24-34(39)36(22-9-6-10-23-36)37(35(27)40)32-20-7-8-21-33(32)41-5/h7-8,13,17-18,20-21,25-27H,6,9-12,14-16,19,22-24H2,1-5H3. The Labute approximate surface area is 247 Å².